The number of para-hydroxylation sites is 2. The maximum atomic E-state index is 9.20. The molecule has 0 saturated carbocycles. The summed E-state index contributed by atoms with van der Waals surface area (Å²) in [6, 6.07) is 9.58. The molecule has 98 valence electrons. The molecule has 19 heavy (non-hydrogen) atoms. The fraction of sp³-hybridized carbons (Fsp3) is 0.286. The van der Waals surface area contributed by atoms with Crippen molar-refractivity contribution in [2.45, 2.75) is 19.8 Å². The molecule has 0 aliphatic heterocycles. The minimum Gasteiger partial charge on any atom is -0.494 e. The van der Waals surface area contributed by atoms with Crippen molar-refractivity contribution in [2.24, 2.45) is 0 Å². The van der Waals surface area contributed by atoms with Gasteiger partial charge in [-0.3, -0.25) is 0 Å². The predicted octanol–water partition coefficient (Wildman–Crippen LogP) is 2.29. The number of nitrogens with two attached hydrogens (primary N) is 1. The molecule has 0 amide bonds. The zero-order chi connectivity index (χ0) is 13.8. The molecule has 2 N–H and O–H groups in total. The van der Waals surface area contributed by atoms with Crippen LogP contribution >= 0.6 is 0 Å². The second-order valence-electron chi connectivity index (χ2n) is 4.15. The molecule has 0 aliphatic rings. The highest BCUT2D eigenvalue weighted by Gasteiger charge is 2.17. The first-order valence-corrected chi connectivity index (χ1v) is 6.13. The zero-order valence-electron chi connectivity index (χ0n) is 11.1. The Bertz CT molecular complexity index is 625. The summed E-state index contributed by atoms with van der Waals surface area (Å²) in [6.45, 7) is 2.04. The molecular weight excluding hydrogens is 240 g/mol. The lowest BCUT2D eigenvalue weighted by atomic mass is 10.2. The lowest BCUT2D eigenvalue weighted by Gasteiger charge is -2.09. The summed E-state index contributed by atoms with van der Waals surface area (Å²) in [4.78, 5) is 0. The summed E-state index contributed by atoms with van der Waals surface area (Å²) in [6.07, 6.45) is 1.65. The van der Waals surface area contributed by atoms with Crippen LogP contribution in [-0.2, 0) is 6.42 Å². The third-order valence-electron chi connectivity index (χ3n) is 2.91. The second-order valence-corrected chi connectivity index (χ2v) is 4.15. The summed E-state index contributed by atoms with van der Waals surface area (Å²) < 4.78 is 6.87. The van der Waals surface area contributed by atoms with E-state index in [1.165, 1.54) is 0 Å². The number of hydrogen-bond donors (Lipinski definition) is 1. The maximum absolute atomic E-state index is 9.20. The van der Waals surface area contributed by atoms with Crippen LogP contribution in [0.3, 0.4) is 0 Å². The first-order valence-electron chi connectivity index (χ1n) is 6.13. The first kappa shape index (κ1) is 13.0. The Balaban J connectivity index is 2.60. The van der Waals surface area contributed by atoms with Crippen molar-refractivity contribution < 1.29 is 4.74 Å². The molecule has 0 unspecified atom stereocenters. The molecule has 1 aromatic heterocycles. The van der Waals surface area contributed by atoms with E-state index in [0.717, 1.165) is 24.2 Å². The minimum atomic E-state index is 0.357. The number of nitriles is 1. The molecule has 0 atom stereocenters. The van der Waals surface area contributed by atoms with Gasteiger partial charge in [0.1, 0.15) is 28.9 Å². The third kappa shape index (κ3) is 2.25. The maximum Gasteiger partial charge on any atom is 0.145 e. The first-order chi connectivity index (χ1) is 9.22. The van der Waals surface area contributed by atoms with E-state index in [1.807, 2.05) is 31.2 Å². The van der Waals surface area contributed by atoms with E-state index in [9.17, 15) is 5.26 Å². The monoisotopic (exact) mass is 256 g/mol. The summed E-state index contributed by atoms with van der Waals surface area (Å²) >= 11 is 0. The summed E-state index contributed by atoms with van der Waals surface area (Å²) in [7, 11) is 1.59. The second kappa shape index (κ2) is 5.44. The minimum absolute atomic E-state index is 0.357. The molecule has 1 aromatic carbocycles. The van der Waals surface area contributed by atoms with E-state index in [-0.39, 0.29) is 0 Å². The van der Waals surface area contributed by atoms with Gasteiger partial charge in [0.05, 0.1) is 12.8 Å². The Kier molecular flexibility index (Phi) is 3.71. The Labute approximate surface area is 112 Å². The zero-order valence-corrected chi connectivity index (χ0v) is 11.1. The molecule has 5 nitrogen and oxygen atoms in total. The molecule has 5 heteroatoms. The van der Waals surface area contributed by atoms with E-state index in [0.29, 0.717) is 17.1 Å². The number of hydrogen-bond acceptors (Lipinski definition) is 4. The largest absolute Gasteiger partial charge is 0.494 e. The standard InChI is InChI=1S/C14H16N4O/c1-3-6-11-10(9-15)14(16)18(17-11)12-7-4-5-8-13(12)19-2/h4-5,7-8H,3,6,16H2,1-2H3. The number of methoxy groups -OCH3 is 1. The fourth-order valence-corrected chi connectivity index (χ4v) is 2.00. The highest BCUT2D eigenvalue weighted by Crippen LogP contribution is 2.27. The van der Waals surface area contributed by atoms with Crippen molar-refractivity contribution in [3.8, 4) is 17.5 Å². The quantitative estimate of drug-likeness (QED) is 0.910. The molecule has 0 radical (unpaired) electrons. The summed E-state index contributed by atoms with van der Waals surface area (Å²) in [5.74, 6) is 1.03. The lowest BCUT2D eigenvalue weighted by Crippen LogP contribution is -2.04. The van der Waals surface area contributed by atoms with Crippen molar-refractivity contribution in [3.63, 3.8) is 0 Å². The van der Waals surface area contributed by atoms with Crippen molar-refractivity contribution >= 4 is 5.82 Å². The highest BCUT2D eigenvalue weighted by atomic mass is 16.5. The molecule has 1 heterocycles. The number of aryl methyl sites for hydroxylation is 1. The van der Waals surface area contributed by atoms with Gasteiger partial charge >= 0.3 is 0 Å². The van der Waals surface area contributed by atoms with Crippen LogP contribution < -0.4 is 10.5 Å². The van der Waals surface area contributed by atoms with Gasteiger partial charge in [0.15, 0.2) is 0 Å². The van der Waals surface area contributed by atoms with Gasteiger partial charge in [-0.1, -0.05) is 25.5 Å². The molecule has 0 spiro atoms. The van der Waals surface area contributed by atoms with Crippen molar-refractivity contribution in [1.82, 2.24) is 9.78 Å². The predicted molar refractivity (Wildman–Crippen MR) is 73.2 cm³/mol. The van der Waals surface area contributed by atoms with Crippen molar-refractivity contribution in [1.29, 1.82) is 5.26 Å². The molecule has 0 fully saturated rings. The van der Waals surface area contributed by atoms with E-state index >= 15 is 0 Å². The number of nitrogen functional groups attached to an aromatic ring is 1. The van der Waals surface area contributed by atoms with Crippen LogP contribution in [0.4, 0.5) is 5.82 Å². The van der Waals surface area contributed by atoms with Crippen LogP contribution in [0.2, 0.25) is 0 Å². The number of benzene rings is 1. The Morgan fingerprint density at radius 1 is 1.42 bits per heavy atom. The fourth-order valence-electron chi connectivity index (χ4n) is 2.00. The number of nitrogens with zero attached hydrogens (tertiary/aromatic N) is 3. The molecular formula is C14H16N4O. The van der Waals surface area contributed by atoms with Gasteiger partial charge < -0.3 is 10.5 Å². The Morgan fingerprint density at radius 3 is 2.79 bits per heavy atom. The van der Waals surface area contributed by atoms with Gasteiger partial charge in [0.2, 0.25) is 0 Å². The summed E-state index contributed by atoms with van der Waals surface area (Å²) in [5, 5.41) is 13.6. The van der Waals surface area contributed by atoms with Gasteiger partial charge in [-0.15, -0.1) is 0 Å². The van der Waals surface area contributed by atoms with E-state index in [1.54, 1.807) is 11.8 Å². The number of anilines is 1. The lowest BCUT2D eigenvalue weighted by molar-refractivity contribution is 0.412. The van der Waals surface area contributed by atoms with Crippen LogP contribution in [0.1, 0.15) is 24.6 Å². The SMILES string of the molecule is CCCc1nn(-c2ccccc2OC)c(N)c1C#N. The van der Waals surface area contributed by atoms with Crippen LogP contribution in [0.5, 0.6) is 5.75 Å². The van der Waals surface area contributed by atoms with Crippen LogP contribution in [0.15, 0.2) is 24.3 Å². The van der Waals surface area contributed by atoms with Gasteiger partial charge in [-0.25, -0.2) is 4.68 Å². The van der Waals surface area contributed by atoms with E-state index in [2.05, 4.69) is 11.2 Å². The summed E-state index contributed by atoms with van der Waals surface area (Å²) in [5.41, 5.74) is 7.94. The van der Waals surface area contributed by atoms with Crippen LogP contribution in [-0.4, -0.2) is 16.9 Å². The number of ether oxygens (including phenoxy) is 1. The van der Waals surface area contributed by atoms with Crippen molar-refractivity contribution in [3.05, 3.63) is 35.5 Å². The van der Waals surface area contributed by atoms with Gasteiger partial charge in [0.25, 0.3) is 0 Å². The molecule has 2 aromatic rings. The smallest absolute Gasteiger partial charge is 0.145 e. The average Bonchev–Trinajstić information content (AvgIpc) is 2.75. The Hall–Kier alpha value is -2.48. The average molecular weight is 256 g/mol. The van der Waals surface area contributed by atoms with Gasteiger partial charge in [-0.2, -0.15) is 10.4 Å². The molecule has 0 bridgehead atoms. The van der Waals surface area contributed by atoms with Gasteiger partial charge in [0, 0.05) is 0 Å². The number of rotatable bonds is 4. The Morgan fingerprint density at radius 2 is 2.16 bits per heavy atom. The normalized spacial score (nSPS) is 10.2. The molecule has 0 saturated heterocycles. The molecule has 2 rings (SSSR count). The van der Waals surface area contributed by atoms with E-state index in [4.69, 9.17) is 10.5 Å². The van der Waals surface area contributed by atoms with Crippen molar-refractivity contribution in [2.75, 3.05) is 12.8 Å². The molecule has 0 aliphatic carbocycles. The van der Waals surface area contributed by atoms with Crippen LogP contribution in [0.25, 0.3) is 5.69 Å². The van der Waals surface area contributed by atoms with E-state index < -0.39 is 0 Å². The highest BCUT2D eigenvalue weighted by molar-refractivity contribution is 5.59. The number of aromatic nitrogens is 2. The van der Waals surface area contributed by atoms with Crippen LogP contribution in [0, 0.1) is 11.3 Å². The third-order valence-corrected chi connectivity index (χ3v) is 2.91. The topological polar surface area (TPSA) is 76.9 Å². The van der Waals surface area contributed by atoms with Gasteiger partial charge in [-0.05, 0) is 18.6 Å².